The van der Waals surface area contributed by atoms with Gasteiger partial charge in [-0.3, -0.25) is 0 Å². The molecule has 0 nitrogen and oxygen atoms in total. The first-order valence-corrected chi connectivity index (χ1v) is 3.98. The van der Waals surface area contributed by atoms with Gasteiger partial charge in [-0.1, -0.05) is 33.7 Å². The van der Waals surface area contributed by atoms with Crippen molar-refractivity contribution in [2.24, 2.45) is 0 Å². The van der Waals surface area contributed by atoms with Gasteiger partial charge in [0, 0.05) is 4.83 Å². The number of rotatable bonds is 3. The largest absolute Gasteiger partial charge is 0.103 e. The molecule has 52 valence electrons. The maximum atomic E-state index is 3.65. The molecule has 0 saturated carbocycles. The lowest BCUT2D eigenvalue weighted by molar-refractivity contribution is 1.07. The van der Waals surface area contributed by atoms with Crippen LogP contribution in [0.25, 0.3) is 0 Å². The highest BCUT2D eigenvalue weighted by Gasteiger charge is 1.93. The zero-order chi connectivity index (χ0) is 7.28. The molecule has 0 bridgehead atoms. The molecule has 0 saturated heterocycles. The second-order valence-electron chi connectivity index (χ2n) is 2.28. The van der Waals surface area contributed by atoms with Gasteiger partial charge in [0.1, 0.15) is 0 Å². The monoisotopic (exact) mass is 188 g/mol. The van der Waals surface area contributed by atoms with Gasteiger partial charge in [-0.05, 0) is 20.3 Å². The molecule has 0 radical (unpaired) electrons. The molecule has 0 aromatic heterocycles. The Morgan fingerprint density at radius 3 is 2.56 bits per heavy atom. The maximum absolute atomic E-state index is 3.65. The van der Waals surface area contributed by atoms with Crippen LogP contribution in [0.2, 0.25) is 0 Å². The lowest BCUT2D eigenvalue weighted by Gasteiger charge is -1.98. The predicted molar refractivity (Wildman–Crippen MR) is 47.0 cm³/mol. The Kier molecular flexibility index (Phi) is 4.78. The van der Waals surface area contributed by atoms with Crippen LogP contribution in [0.3, 0.4) is 0 Å². The third-order valence-corrected chi connectivity index (χ3v) is 1.54. The van der Waals surface area contributed by atoms with Crippen LogP contribution in [0.4, 0.5) is 0 Å². The minimum Gasteiger partial charge on any atom is -0.103 e. The van der Waals surface area contributed by atoms with E-state index < -0.39 is 0 Å². The van der Waals surface area contributed by atoms with Gasteiger partial charge < -0.3 is 0 Å². The van der Waals surface area contributed by atoms with Crippen molar-refractivity contribution in [3.05, 3.63) is 24.3 Å². The van der Waals surface area contributed by atoms with E-state index in [1.165, 1.54) is 5.57 Å². The summed E-state index contributed by atoms with van der Waals surface area (Å²) in [5.41, 5.74) is 1.35. The highest BCUT2D eigenvalue weighted by Crippen LogP contribution is 2.09. The van der Waals surface area contributed by atoms with Gasteiger partial charge in [0.2, 0.25) is 0 Å². The molecular weight excluding hydrogens is 176 g/mol. The van der Waals surface area contributed by atoms with Crippen LogP contribution in [0.15, 0.2) is 24.3 Å². The van der Waals surface area contributed by atoms with Crippen LogP contribution in [-0.2, 0) is 0 Å². The minimum atomic E-state index is 0.472. The molecule has 0 spiro atoms. The Bertz CT molecular complexity index is 110. The van der Waals surface area contributed by atoms with Gasteiger partial charge in [0.15, 0.2) is 0 Å². The molecule has 0 aliphatic carbocycles. The Labute approximate surface area is 65.8 Å². The Hall–Kier alpha value is -0.0400. The highest BCUT2D eigenvalue weighted by molar-refractivity contribution is 9.09. The zero-order valence-electron chi connectivity index (χ0n) is 6.02. The number of hydrogen-bond donors (Lipinski definition) is 0. The Balaban J connectivity index is 3.61. The third kappa shape index (κ3) is 5.84. The first kappa shape index (κ1) is 8.96. The van der Waals surface area contributed by atoms with Crippen molar-refractivity contribution < 1.29 is 0 Å². The van der Waals surface area contributed by atoms with E-state index in [1.54, 1.807) is 0 Å². The molecule has 0 aromatic rings. The highest BCUT2D eigenvalue weighted by atomic mass is 79.9. The molecular formula is C8H13Br. The van der Waals surface area contributed by atoms with E-state index in [1.807, 2.05) is 6.08 Å². The zero-order valence-corrected chi connectivity index (χ0v) is 7.61. The molecule has 0 N–H and O–H groups in total. The number of allylic oxidation sites excluding steroid dienone is 3. The SMILES string of the molecule is C=CCC(Br)C=C(C)C. The number of halogens is 1. The second-order valence-corrected chi connectivity index (χ2v) is 3.46. The lowest BCUT2D eigenvalue weighted by Crippen LogP contribution is -1.89. The van der Waals surface area contributed by atoms with Crippen molar-refractivity contribution in [1.82, 2.24) is 0 Å². The fraction of sp³-hybridized carbons (Fsp3) is 0.500. The molecule has 9 heavy (non-hydrogen) atoms. The van der Waals surface area contributed by atoms with Gasteiger partial charge in [0.25, 0.3) is 0 Å². The summed E-state index contributed by atoms with van der Waals surface area (Å²) >= 11 is 3.49. The van der Waals surface area contributed by atoms with E-state index in [0.29, 0.717) is 4.83 Å². The Morgan fingerprint density at radius 2 is 2.22 bits per heavy atom. The normalized spacial score (nSPS) is 12.3. The fourth-order valence-corrected chi connectivity index (χ4v) is 1.38. The lowest BCUT2D eigenvalue weighted by atomic mass is 10.2. The van der Waals surface area contributed by atoms with Gasteiger partial charge >= 0.3 is 0 Å². The topological polar surface area (TPSA) is 0 Å². The van der Waals surface area contributed by atoms with Crippen LogP contribution < -0.4 is 0 Å². The molecule has 0 aliphatic rings. The van der Waals surface area contributed by atoms with Gasteiger partial charge in [-0.25, -0.2) is 0 Å². The van der Waals surface area contributed by atoms with Crippen molar-refractivity contribution >= 4 is 15.9 Å². The first-order valence-electron chi connectivity index (χ1n) is 3.06. The molecule has 0 heterocycles. The number of alkyl halides is 1. The average molecular weight is 189 g/mol. The van der Waals surface area contributed by atoms with E-state index in [0.717, 1.165) is 6.42 Å². The molecule has 0 rings (SSSR count). The van der Waals surface area contributed by atoms with Gasteiger partial charge in [-0.15, -0.1) is 6.58 Å². The first-order chi connectivity index (χ1) is 4.16. The van der Waals surface area contributed by atoms with Crippen molar-refractivity contribution in [1.29, 1.82) is 0 Å². The molecule has 1 heteroatoms. The quantitative estimate of drug-likeness (QED) is 0.472. The smallest absolute Gasteiger partial charge is 0.0362 e. The van der Waals surface area contributed by atoms with Crippen LogP contribution in [0.1, 0.15) is 20.3 Å². The van der Waals surface area contributed by atoms with Crippen molar-refractivity contribution in [3.8, 4) is 0 Å². The maximum Gasteiger partial charge on any atom is 0.0362 e. The standard InChI is InChI=1S/C8H13Br/c1-4-5-8(9)6-7(2)3/h4,6,8H,1,5H2,2-3H3. The third-order valence-electron chi connectivity index (χ3n) is 0.906. The summed E-state index contributed by atoms with van der Waals surface area (Å²) in [4.78, 5) is 0.472. The summed E-state index contributed by atoms with van der Waals surface area (Å²) in [5, 5.41) is 0. The minimum absolute atomic E-state index is 0.472. The summed E-state index contributed by atoms with van der Waals surface area (Å²) < 4.78 is 0. The summed E-state index contributed by atoms with van der Waals surface area (Å²) in [6.07, 6.45) is 5.10. The van der Waals surface area contributed by atoms with E-state index >= 15 is 0 Å². The predicted octanol–water partition coefficient (Wildman–Crippen LogP) is 3.29. The van der Waals surface area contributed by atoms with E-state index in [9.17, 15) is 0 Å². The van der Waals surface area contributed by atoms with Gasteiger partial charge in [-0.2, -0.15) is 0 Å². The summed E-state index contributed by atoms with van der Waals surface area (Å²) in [6.45, 7) is 7.84. The molecule has 0 amide bonds. The van der Waals surface area contributed by atoms with Crippen LogP contribution in [-0.4, -0.2) is 4.83 Å². The van der Waals surface area contributed by atoms with Crippen molar-refractivity contribution in [2.45, 2.75) is 25.1 Å². The average Bonchev–Trinajstić information content (AvgIpc) is 1.63. The summed E-state index contributed by atoms with van der Waals surface area (Å²) in [6, 6.07) is 0. The summed E-state index contributed by atoms with van der Waals surface area (Å²) in [5.74, 6) is 0. The molecule has 0 aromatic carbocycles. The summed E-state index contributed by atoms with van der Waals surface area (Å²) in [7, 11) is 0. The fourth-order valence-electron chi connectivity index (χ4n) is 0.589. The molecule has 1 atom stereocenters. The Morgan fingerprint density at radius 1 is 1.67 bits per heavy atom. The van der Waals surface area contributed by atoms with E-state index in [-0.39, 0.29) is 0 Å². The van der Waals surface area contributed by atoms with Crippen LogP contribution >= 0.6 is 15.9 Å². The molecule has 0 fully saturated rings. The number of hydrogen-bond acceptors (Lipinski definition) is 0. The van der Waals surface area contributed by atoms with E-state index in [2.05, 4.69) is 42.4 Å². The van der Waals surface area contributed by atoms with Crippen molar-refractivity contribution in [3.63, 3.8) is 0 Å². The molecule has 1 unspecified atom stereocenters. The van der Waals surface area contributed by atoms with Gasteiger partial charge in [0.05, 0.1) is 0 Å². The van der Waals surface area contributed by atoms with Crippen LogP contribution in [0, 0.1) is 0 Å². The van der Waals surface area contributed by atoms with Crippen LogP contribution in [0.5, 0.6) is 0 Å². The van der Waals surface area contributed by atoms with E-state index in [4.69, 9.17) is 0 Å². The second kappa shape index (κ2) is 4.80. The van der Waals surface area contributed by atoms with Crippen molar-refractivity contribution in [2.75, 3.05) is 0 Å². The molecule has 0 aliphatic heterocycles.